The number of nitrogens with one attached hydrogen (secondary N) is 3. The molecule has 0 fully saturated rings. The number of pyridine rings is 1. The molecule has 0 aliphatic carbocycles. The highest BCUT2D eigenvalue weighted by Gasteiger charge is 2.09. The third-order valence-corrected chi connectivity index (χ3v) is 4.25. The van der Waals surface area contributed by atoms with E-state index in [1.807, 2.05) is 66.1 Å². The van der Waals surface area contributed by atoms with Crippen molar-refractivity contribution >= 4 is 40.2 Å². The number of hydrogen-bond acceptors (Lipinski definition) is 5. The van der Waals surface area contributed by atoms with E-state index in [4.69, 9.17) is 11.6 Å². The summed E-state index contributed by atoms with van der Waals surface area (Å²) in [5.41, 5.74) is 3.50. The first-order valence-corrected chi connectivity index (χ1v) is 9.38. The molecule has 0 unspecified atom stereocenters. The molecule has 5 nitrogen and oxygen atoms in total. The smallest absolute Gasteiger partial charge is 0.148 e. The molecule has 6 heteroatoms. The molecule has 146 valence electrons. The number of nitrogens with zero attached hydrogens (tertiary/aromatic N) is 1. The average Bonchev–Trinajstić information content (AvgIpc) is 2.69. The van der Waals surface area contributed by atoms with Crippen LogP contribution >= 0.6 is 11.6 Å². The highest BCUT2D eigenvalue weighted by molar-refractivity contribution is 6.32. The van der Waals surface area contributed by atoms with Crippen molar-refractivity contribution in [1.29, 1.82) is 0 Å². The number of carbonyl (C=O) groups is 1. The van der Waals surface area contributed by atoms with Gasteiger partial charge < -0.3 is 16.0 Å². The van der Waals surface area contributed by atoms with Gasteiger partial charge in [0.2, 0.25) is 0 Å². The van der Waals surface area contributed by atoms with Gasteiger partial charge in [-0.15, -0.1) is 0 Å². The zero-order valence-electron chi connectivity index (χ0n) is 16.9. The fourth-order valence-corrected chi connectivity index (χ4v) is 2.76. The summed E-state index contributed by atoms with van der Waals surface area (Å²) in [6.07, 6.45) is 4.55. The fraction of sp³-hybridized carbons (Fsp3) is 0.333. The molecule has 0 radical (unpaired) electrons. The maximum atomic E-state index is 11.5. The van der Waals surface area contributed by atoms with Crippen LogP contribution in [0.5, 0.6) is 0 Å². The van der Waals surface area contributed by atoms with Crippen molar-refractivity contribution in [3.63, 3.8) is 0 Å². The van der Waals surface area contributed by atoms with Crippen molar-refractivity contribution in [3.8, 4) is 0 Å². The van der Waals surface area contributed by atoms with Crippen LogP contribution in [-0.2, 0) is 4.79 Å². The van der Waals surface area contributed by atoms with Crippen molar-refractivity contribution < 1.29 is 4.79 Å². The molecule has 1 heterocycles. The van der Waals surface area contributed by atoms with Crippen LogP contribution in [0.3, 0.4) is 0 Å². The monoisotopic (exact) mass is 388 g/mol. The molecule has 27 heavy (non-hydrogen) atoms. The predicted octanol–water partition coefficient (Wildman–Crippen LogP) is 5.01. The van der Waals surface area contributed by atoms with Gasteiger partial charge in [0.1, 0.15) is 12.1 Å². The van der Waals surface area contributed by atoms with Gasteiger partial charge in [0, 0.05) is 59.6 Å². The van der Waals surface area contributed by atoms with Gasteiger partial charge in [-0.1, -0.05) is 25.4 Å². The first-order valence-electron chi connectivity index (χ1n) is 9.01. The summed E-state index contributed by atoms with van der Waals surface area (Å²) in [5, 5.41) is 12.0. The minimum atomic E-state index is 0.385. The number of hydrogen-bond donors (Lipinski definition) is 3. The summed E-state index contributed by atoms with van der Waals surface area (Å²) in [4.78, 5) is 15.9. The van der Waals surface area contributed by atoms with Gasteiger partial charge in [-0.05, 0) is 43.7 Å². The number of fused-ring (bicyclic) bond motifs is 1. The van der Waals surface area contributed by atoms with E-state index in [9.17, 15) is 4.79 Å². The number of allylic oxidation sites excluding steroid dienone is 3. The maximum absolute atomic E-state index is 11.5. The lowest BCUT2D eigenvalue weighted by molar-refractivity contribution is -0.104. The standard InChI is InChI=1S/C19H23ClN4O.C2H6/c1-12(7-13(2)21-3)14(11-25)10-24-19-17-8-15(20)9-18(22-4)16(17)5-6-23-19;1-2/h5-9,11,21-22H,10H2,1-4H3,(H,23,24);1-2H3/b13-7-,14-12-;. The molecule has 0 saturated heterocycles. The quantitative estimate of drug-likeness (QED) is 0.353. The van der Waals surface area contributed by atoms with Gasteiger partial charge in [0.05, 0.1) is 0 Å². The van der Waals surface area contributed by atoms with E-state index in [2.05, 4.69) is 20.9 Å². The summed E-state index contributed by atoms with van der Waals surface area (Å²) >= 11 is 6.21. The van der Waals surface area contributed by atoms with E-state index in [1.165, 1.54) is 0 Å². The minimum Gasteiger partial charge on any atom is -0.392 e. The van der Waals surface area contributed by atoms with E-state index >= 15 is 0 Å². The largest absolute Gasteiger partial charge is 0.392 e. The van der Waals surface area contributed by atoms with Crippen LogP contribution in [0.4, 0.5) is 11.5 Å². The fourth-order valence-electron chi connectivity index (χ4n) is 2.54. The van der Waals surface area contributed by atoms with Gasteiger partial charge in [0.25, 0.3) is 0 Å². The first-order chi connectivity index (χ1) is 13.0. The van der Waals surface area contributed by atoms with E-state index in [1.54, 1.807) is 6.20 Å². The Labute approximate surface area is 166 Å². The van der Waals surface area contributed by atoms with Gasteiger partial charge in [-0.2, -0.15) is 0 Å². The highest BCUT2D eigenvalue weighted by atomic mass is 35.5. The lowest BCUT2D eigenvalue weighted by Gasteiger charge is -2.13. The van der Waals surface area contributed by atoms with Crippen molar-refractivity contribution in [3.05, 3.63) is 52.3 Å². The summed E-state index contributed by atoms with van der Waals surface area (Å²) in [6.45, 7) is 8.25. The molecule has 0 atom stereocenters. The molecule has 0 amide bonds. The Morgan fingerprint density at radius 2 is 1.89 bits per heavy atom. The molecule has 2 aromatic rings. The van der Waals surface area contributed by atoms with E-state index in [0.717, 1.165) is 34.0 Å². The lowest BCUT2D eigenvalue weighted by Crippen LogP contribution is -2.10. The number of rotatable bonds is 7. The van der Waals surface area contributed by atoms with Crippen LogP contribution in [0.2, 0.25) is 5.02 Å². The number of aromatic nitrogens is 1. The lowest BCUT2D eigenvalue weighted by atomic mass is 10.1. The number of aldehydes is 1. The summed E-state index contributed by atoms with van der Waals surface area (Å²) in [6, 6.07) is 5.68. The Bertz CT molecular complexity index is 843. The molecule has 1 aromatic heterocycles. The van der Waals surface area contributed by atoms with Crippen LogP contribution in [0.1, 0.15) is 27.7 Å². The zero-order valence-corrected chi connectivity index (χ0v) is 17.7. The molecule has 0 bridgehead atoms. The van der Waals surface area contributed by atoms with Gasteiger partial charge in [0.15, 0.2) is 0 Å². The summed E-state index contributed by atoms with van der Waals surface area (Å²) < 4.78 is 0. The Kier molecular flexibility index (Phi) is 9.37. The zero-order chi connectivity index (χ0) is 20.4. The molecule has 3 N–H and O–H groups in total. The summed E-state index contributed by atoms with van der Waals surface area (Å²) in [5.74, 6) is 0.693. The number of halogens is 1. The van der Waals surface area contributed by atoms with Crippen LogP contribution in [-0.4, -0.2) is 31.9 Å². The van der Waals surface area contributed by atoms with E-state index < -0.39 is 0 Å². The third-order valence-electron chi connectivity index (χ3n) is 4.04. The van der Waals surface area contributed by atoms with Gasteiger partial charge in [-0.25, -0.2) is 4.98 Å². The SMILES string of the molecule is CC.CN/C(C)=C\C(C)=C(/C=O)CNc1nccc2c(NC)cc(Cl)cc12. The van der Waals surface area contributed by atoms with Crippen molar-refractivity contribution in [1.82, 2.24) is 10.3 Å². The molecular weight excluding hydrogens is 360 g/mol. The van der Waals surface area contributed by atoms with Crippen LogP contribution in [0.15, 0.2) is 47.3 Å². The molecule has 0 saturated carbocycles. The Morgan fingerprint density at radius 1 is 1.19 bits per heavy atom. The predicted molar refractivity (Wildman–Crippen MR) is 118 cm³/mol. The molecule has 0 spiro atoms. The Morgan fingerprint density at radius 3 is 2.48 bits per heavy atom. The van der Waals surface area contributed by atoms with Crippen molar-refractivity contribution in [2.75, 3.05) is 31.3 Å². The van der Waals surface area contributed by atoms with Crippen LogP contribution in [0.25, 0.3) is 10.8 Å². The average molecular weight is 389 g/mol. The Balaban J connectivity index is 0.00000176. The second kappa shape index (κ2) is 11.2. The van der Waals surface area contributed by atoms with Gasteiger partial charge in [-0.3, -0.25) is 4.79 Å². The van der Waals surface area contributed by atoms with E-state index in [-0.39, 0.29) is 0 Å². The second-order valence-corrected chi connectivity index (χ2v) is 6.15. The topological polar surface area (TPSA) is 66.0 Å². The maximum Gasteiger partial charge on any atom is 0.148 e. The van der Waals surface area contributed by atoms with E-state index in [0.29, 0.717) is 23.0 Å². The molecule has 1 aromatic carbocycles. The number of anilines is 2. The summed E-state index contributed by atoms with van der Waals surface area (Å²) in [7, 11) is 3.70. The highest BCUT2D eigenvalue weighted by Crippen LogP contribution is 2.31. The third kappa shape index (κ3) is 6.00. The van der Waals surface area contributed by atoms with Crippen LogP contribution in [0, 0.1) is 0 Å². The normalized spacial score (nSPS) is 11.9. The van der Waals surface area contributed by atoms with Gasteiger partial charge >= 0.3 is 0 Å². The molecule has 0 aliphatic heterocycles. The minimum absolute atomic E-state index is 0.385. The van der Waals surface area contributed by atoms with Crippen LogP contribution < -0.4 is 16.0 Å². The Hall–Kier alpha value is -2.53. The molecule has 2 rings (SSSR count). The molecular formula is C21H29ClN4O. The number of carbonyl (C=O) groups excluding carboxylic acids is 1. The number of benzene rings is 1. The molecule has 0 aliphatic rings. The van der Waals surface area contributed by atoms with Crippen molar-refractivity contribution in [2.24, 2.45) is 0 Å². The second-order valence-electron chi connectivity index (χ2n) is 5.72. The first kappa shape index (κ1) is 22.5. The van der Waals surface area contributed by atoms with Crippen molar-refractivity contribution in [2.45, 2.75) is 27.7 Å².